The number of hydrogen-bond donors (Lipinski definition) is 2. The Labute approximate surface area is 155 Å². The van der Waals surface area contributed by atoms with E-state index in [2.05, 4.69) is 10.6 Å². The zero-order chi connectivity index (χ0) is 19.2. The van der Waals surface area contributed by atoms with Gasteiger partial charge in [-0.2, -0.15) is 0 Å². The third-order valence-corrected chi connectivity index (χ3v) is 3.85. The summed E-state index contributed by atoms with van der Waals surface area (Å²) in [4.78, 5) is 24.7. The number of amides is 2. The molecule has 5 nitrogen and oxygen atoms in total. The Kier molecular flexibility index (Phi) is 5.47. The summed E-state index contributed by atoms with van der Waals surface area (Å²) in [6, 6.07) is 18.9. The number of nitrogens with one attached hydrogen (secondary N) is 2. The van der Waals surface area contributed by atoms with Gasteiger partial charge in [0.2, 0.25) is 0 Å². The molecule has 0 fully saturated rings. The number of methoxy groups -OCH3 is 1. The molecule has 3 aromatic carbocycles. The summed E-state index contributed by atoms with van der Waals surface area (Å²) in [6.45, 7) is 0. The van der Waals surface area contributed by atoms with E-state index >= 15 is 0 Å². The van der Waals surface area contributed by atoms with Crippen LogP contribution >= 0.6 is 0 Å². The first kappa shape index (κ1) is 18.1. The van der Waals surface area contributed by atoms with Crippen molar-refractivity contribution in [3.05, 3.63) is 89.7 Å². The molecule has 2 amide bonds. The second-order valence-electron chi connectivity index (χ2n) is 5.70. The summed E-state index contributed by atoms with van der Waals surface area (Å²) in [5.74, 6) is -0.641. The van der Waals surface area contributed by atoms with Crippen LogP contribution in [0, 0.1) is 5.82 Å². The van der Waals surface area contributed by atoms with Crippen LogP contribution < -0.4 is 15.4 Å². The Morgan fingerprint density at radius 1 is 0.815 bits per heavy atom. The molecule has 136 valence electrons. The highest BCUT2D eigenvalue weighted by Gasteiger charge is 2.12. The minimum absolute atomic E-state index is 0.295. The average Bonchev–Trinajstić information content (AvgIpc) is 2.69. The number of benzene rings is 3. The largest absolute Gasteiger partial charge is 0.495 e. The smallest absolute Gasteiger partial charge is 0.255 e. The fourth-order valence-corrected chi connectivity index (χ4v) is 2.47. The van der Waals surface area contributed by atoms with Gasteiger partial charge in [-0.1, -0.05) is 18.2 Å². The fraction of sp³-hybridized carbons (Fsp3) is 0.0476. The molecular formula is C21H17FN2O3. The average molecular weight is 364 g/mol. The van der Waals surface area contributed by atoms with Crippen LogP contribution in [0.15, 0.2) is 72.8 Å². The zero-order valence-electron chi connectivity index (χ0n) is 14.5. The third-order valence-electron chi connectivity index (χ3n) is 3.85. The van der Waals surface area contributed by atoms with Crippen molar-refractivity contribution < 1.29 is 18.7 Å². The van der Waals surface area contributed by atoms with Crippen molar-refractivity contribution in [2.75, 3.05) is 17.7 Å². The van der Waals surface area contributed by atoms with Crippen LogP contribution in [0.5, 0.6) is 5.75 Å². The van der Waals surface area contributed by atoms with E-state index in [9.17, 15) is 14.0 Å². The highest BCUT2D eigenvalue weighted by molar-refractivity contribution is 6.07. The first-order chi connectivity index (χ1) is 13.1. The molecule has 0 bridgehead atoms. The molecule has 0 aliphatic rings. The summed E-state index contributed by atoms with van der Waals surface area (Å²) in [6.07, 6.45) is 0. The Balaban J connectivity index is 1.79. The Bertz CT molecular complexity index is 957. The molecule has 3 aromatic rings. The molecule has 0 heterocycles. The van der Waals surface area contributed by atoms with E-state index in [-0.39, 0.29) is 11.8 Å². The Morgan fingerprint density at radius 3 is 2.11 bits per heavy atom. The van der Waals surface area contributed by atoms with Crippen molar-refractivity contribution in [3.8, 4) is 5.75 Å². The molecule has 2 N–H and O–H groups in total. The van der Waals surface area contributed by atoms with Gasteiger partial charge in [0.15, 0.2) is 0 Å². The summed E-state index contributed by atoms with van der Waals surface area (Å²) in [7, 11) is 1.49. The van der Waals surface area contributed by atoms with E-state index in [0.717, 1.165) is 0 Å². The van der Waals surface area contributed by atoms with Crippen molar-refractivity contribution in [1.82, 2.24) is 0 Å². The maximum Gasteiger partial charge on any atom is 0.255 e. The van der Waals surface area contributed by atoms with E-state index in [1.807, 2.05) is 6.07 Å². The molecule has 0 saturated carbocycles. The van der Waals surface area contributed by atoms with Gasteiger partial charge in [-0.15, -0.1) is 0 Å². The summed E-state index contributed by atoms with van der Waals surface area (Å²) < 4.78 is 18.3. The van der Waals surface area contributed by atoms with Gasteiger partial charge in [0.05, 0.1) is 12.8 Å². The van der Waals surface area contributed by atoms with Crippen LogP contribution in [-0.4, -0.2) is 18.9 Å². The standard InChI is InChI=1S/C21H17FN2O3/c1-27-19-12-11-17(23-20(25)15-7-9-16(22)10-8-15)13-18(19)24-21(26)14-5-3-2-4-6-14/h2-13H,1H3,(H,23,25)(H,24,26). The monoisotopic (exact) mass is 364 g/mol. The molecule has 6 heteroatoms. The van der Waals surface area contributed by atoms with Gasteiger partial charge in [-0.05, 0) is 54.6 Å². The molecule has 0 unspecified atom stereocenters. The van der Waals surface area contributed by atoms with E-state index < -0.39 is 5.82 Å². The molecular weight excluding hydrogens is 347 g/mol. The van der Waals surface area contributed by atoms with Crippen LogP contribution in [0.3, 0.4) is 0 Å². The lowest BCUT2D eigenvalue weighted by atomic mass is 10.2. The lowest BCUT2D eigenvalue weighted by molar-refractivity contribution is 0.101. The lowest BCUT2D eigenvalue weighted by Gasteiger charge is -2.13. The molecule has 0 spiro atoms. The van der Waals surface area contributed by atoms with E-state index in [1.54, 1.807) is 42.5 Å². The van der Waals surface area contributed by atoms with Gasteiger partial charge in [-0.25, -0.2) is 4.39 Å². The van der Waals surface area contributed by atoms with Gasteiger partial charge < -0.3 is 15.4 Å². The Morgan fingerprint density at radius 2 is 1.44 bits per heavy atom. The van der Waals surface area contributed by atoms with E-state index in [4.69, 9.17) is 4.74 Å². The molecule has 0 aliphatic carbocycles. The van der Waals surface area contributed by atoms with E-state index in [0.29, 0.717) is 28.3 Å². The number of hydrogen-bond acceptors (Lipinski definition) is 3. The van der Waals surface area contributed by atoms with Crippen molar-refractivity contribution in [1.29, 1.82) is 0 Å². The van der Waals surface area contributed by atoms with Crippen LogP contribution in [0.2, 0.25) is 0 Å². The van der Waals surface area contributed by atoms with Crippen molar-refractivity contribution in [2.24, 2.45) is 0 Å². The minimum atomic E-state index is -0.415. The minimum Gasteiger partial charge on any atom is -0.495 e. The van der Waals surface area contributed by atoms with Gasteiger partial charge in [-0.3, -0.25) is 9.59 Å². The van der Waals surface area contributed by atoms with Crippen LogP contribution in [0.25, 0.3) is 0 Å². The lowest BCUT2D eigenvalue weighted by Crippen LogP contribution is -2.14. The number of carbonyl (C=O) groups is 2. The molecule has 0 atom stereocenters. The second-order valence-corrected chi connectivity index (χ2v) is 5.70. The second kappa shape index (κ2) is 8.14. The summed E-state index contributed by atoms with van der Waals surface area (Å²) >= 11 is 0. The fourth-order valence-electron chi connectivity index (χ4n) is 2.47. The highest BCUT2D eigenvalue weighted by atomic mass is 19.1. The normalized spacial score (nSPS) is 10.1. The van der Waals surface area contributed by atoms with Crippen LogP contribution in [0.1, 0.15) is 20.7 Å². The quantitative estimate of drug-likeness (QED) is 0.708. The first-order valence-corrected chi connectivity index (χ1v) is 8.18. The maximum absolute atomic E-state index is 13.0. The van der Waals surface area contributed by atoms with Crippen molar-refractivity contribution >= 4 is 23.2 Å². The van der Waals surface area contributed by atoms with Crippen LogP contribution in [0.4, 0.5) is 15.8 Å². The molecule has 0 saturated heterocycles. The van der Waals surface area contributed by atoms with Gasteiger partial charge >= 0.3 is 0 Å². The molecule has 3 rings (SSSR count). The topological polar surface area (TPSA) is 67.4 Å². The van der Waals surface area contributed by atoms with Gasteiger partial charge in [0, 0.05) is 16.8 Å². The number of carbonyl (C=O) groups excluding carboxylic acids is 2. The molecule has 0 radical (unpaired) electrons. The molecule has 27 heavy (non-hydrogen) atoms. The predicted octanol–water partition coefficient (Wildman–Crippen LogP) is 4.34. The summed E-state index contributed by atoms with van der Waals surface area (Å²) in [5.41, 5.74) is 1.71. The number of anilines is 2. The molecule has 0 aliphatic heterocycles. The number of halogens is 1. The highest BCUT2D eigenvalue weighted by Crippen LogP contribution is 2.28. The first-order valence-electron chi connectivity index (χ1n) is 8.18. The van der Waals surface area contributed by atoms with Crippen molar-refractivity contribution in [2.45, 2.75) is 0 Å². The van der Waals surface area contributed by atoms with Gasteiger partial charge in [0.25, 0.3) is 11.8 Å². The summed E-state index contributed by atoms with van der Waals surface area (Å²) in [5, 5.41) is 5.49. The predicted molar refractivity (Wildman–Crippen MR) is 102 cm³/mol. The number of rotatable bonds is 5. The third kappa shape index (κ3) is 4.49. The zero-order valence-corrected chi connectivity index (χ0v) is 14.5. The van der Waals surface area contributed by atoms with E-state index in [1.165, 1.54) is 31.4 Å². The van der Waals surface area contributed by atoms with Crippen molar-refractivity contribution in [3.63, 3.8) is 0 Å². The molecule has 0 aromatic heterocycles. The Hall–Kier alpha value is -3.67. The SMILES string of the molecule is COc1ccc(NC(=O)c2ccc(F)cc2)cc1NC(=O)c1ccccc1. The maximum atomic E-state index is 13.0. The van der Waals surface area contributed by atoms with Crippen LogP contribution in [-0.2, 0) is 0 Å². The van der Waals surface area contributed by atoms with Gasteiger partial charge in [0.1, 0.15) is 11.6 Å². The number of ether oxygens (including phenoxy) is 1.